The molecular weight excluding hydrogens is 296 g/mol. The number of hydrogen-bond donors (Lipinski definition) is 0. The van der Waals surface area contributed by atoms with Crippen LogP contribution in [0.3, 0.4) is 0 Å². The molecule has 0 aromatic heterocycles. The first-order valence-electron chi connectivity index (χ1n) is 9.22. The van der Waals surface area contributed by atoms with Crippen LogP contribution in [0.5, 0.6) is 0 Å². The van der Waals surface area contributed by atoms with Crippen LogP contribution in [0.1, 0.15) is 36.8 Å². The van der Waals surface area contributed by atoms with Gasteiger partial charge in [0.05, 0.1) is 0 Å². The number of hydrogen-bond acceptors (Lipinski definition) is 2. The highest BCUT2D eigenvalue weighted by Crippen LogP contribution is 2.19. The fraction of sp³-hybridized carbons (Fsp3) is 0.571. The summed E-state index contributed by atoms with van der Waals surface area (Å²) in [5, 5.41) is 0. The van der Waals surface area contributed by atoms with E-state index >= 15 is 0 Å². The molecule has 1 saturated heterocycles. The molecule has 1 aromatic carbocycles. The van der Waals surface area contributed by atoms with E-state index in [9.17, 15) is 4.79 Å². The number of rotatable bonds is 8. The molecule has 24 heavy (non-hydrogen) atoms. The quantitative estimate of drug-likeness (QED) is 0.680. The minimum Gasteiger partial charge on any atom is -0.345 e. The van der Waals surface area contributed by atoms with E-state index in [0.29, 0.717) is 12.3 Å². The van der Waals surface area contributed by atoms with Gasteiger partial charge in [-0.2, -0.15) is 0 Å². The summed E-state index contributed by atoms with van der Waals surface area (Å²) in [7, 11) is 1.94. The van der Waals surface area contributed by atoms with Gasteiger partial charge in [-0.25, -0.2) is 0 Å². The molecule has 1 heterocycles. The van der Waals surface area contributed by atoms with E-state index < -0.39 is 0 Å². The zero-order valence-corrected chi connectivity index (χ0v) is 15.3. The Hall–Kier alpha value is -1.61. The van der Waals surface area contributed by atoms with Crippen molar-refractivity contribution in [2.45, 2.75) is 39.0 Å². The van der Waals surface area contributed by atoms with Gasteiger partial charge in [0.1, 0.15) is 0 Å². The third-order valence-electron chi connectivity index (χ3n) is 5.08. The molecule has 1 atom stereocenters. The Labute approximate surface area is 147 Å². The zero-order chi connectivity index (χ0) is 17.4. The van der Waals surface area contributed by atoms with Gasteiger partial charge in [-0.15, -0.1) is 6.58 Å². The second-order valence-electron chi connectivity index (χ2n) is 7.09. The van der Waals surface area contributed by atoms with Gasteiger partial charge in [0, 0.05) is 33.1 Å². The van der Waals surface area contributed by atoms with Gasteiger partial charge in [-0.1, -0.05) is 30.3 Å². The van der Waals surface area contributed by atoms with Crippen LogP contribution in [0.15, 0.2) is 36.9 Å². The molecule has 3 nitrogen and oxygen atoms in total. The van der Waals surface area contributed by atoms with E-state index in [-0.39, 0.29) is 5.91 Å². The summed E-state index contributed by atoms with van der Waals surface area (Å²) in [4.78, 5) is 16.6. The number of allylic oxidation sites excluding steroid dienone is 1. The Morgan fingerprint density at radius 3 is 2.96 bits per heavy atom. The Balaban J connectivity index is 1.78. The molecule has 1 fully saturated rings. The molecular formula is C21H32N2O. The van der Waals surface area contributed by atoms with Crippen LogP contribution in [0.2, 0.25) is 0 Å². The molecule has 0 saturated carbocycles. The molecule has 0 radical (unpaired) electrons. The molecule has 1 aromatic rings. The van der Waals surface area contributed by atoms with E-state index in [1.165, 1.54) is 30.5 Å². The number of carbonyl (C=O) groups excluding carboxylic acids is 1. The van der Waals surface area contributed by atoms with Crippen molar-refractivity contribution in [3.63, 3.8) is 0 Å². The number of benzene rings is 1. The van der Waals surface area contributed by atoms with Gasteiger partial charge in [-0.05, 0) is 56.2 Å². The maximum Gasteiger partial charge on any atom is 0.222 e. The summed E-state index contributed by atoms with van der Waals surface area (Å²) in [6.45, 7) is 10.2. The molecule has 0 aliphatic carbocycles. The topological polar surface area (TPSA) is 23.6 Å². The SMILES string of the molecule is C=CCCC(=O)N(C)C[C@H]1CCCN(CCc2ccccc2C)C1. The largest absolute Gasteiger partial charge is 0.345 e. The summed E-state index contributed by atoms with van der Waals surface area (Å²) in [6.07, 6.45) is 6.78. The van der Waals surface area contributed by atoms with Gasteiger partial charge < -0.3 is 9.80 Å². The Morgan fingerprint density at radius 1 is 1.42 bits per heavy atom. The van der Waals surface area contributed by atoms with Crippen LogP contribution in [0.25, 0.3) is 0 Å². The van der Waals surface area contributed by atoms with E-state index in [1.807, 2.05) is 18.0 Å². The predicted molar refractivity (Wildman–Crippen MR) is 101 cm³/mol. The van der Waals surface area contributed by atoms with Crippen LogP contribution in [-0.4, -0.2) is 48.9 Å². The van der Waals surface area contributed by atoms with Gasteiger partial charge in [-0.3, -0.25) is 4.79 Å². The third-order valence-corrected chi connectivity index (χ3v) is 5.08. The molecule has 0 N–H and O–H groups in total. The molecule has 0 bridgehead atoms. The van der Waals surface area contributed by atoms with Gasteiger partial charge in [0.25, 0.3) is 0 Å². The normalized spacial score (nSPS) is 18.3. The molecule has 3 heteroatoms. The lowest BCUT2D eigenvalue weighted by molar-refractivity contribution is -0.130. The number of nitrogens with zero attached hydrogens (tertiary/aromatic N) is 2. The smallest absolute Gasteiger partial charge is 0.222 e. The monoisotopic (exact) mass is 328 g/mol. The van der Waals surface area contributed by atoms with Crippen LogP contribution in [0.4, 0.5) is 0 Å². The second kappa shape index (κ2) is 9.63. The molecule has 1 aliphatic rings. The number of amides is 1. The molecule has 0 spiro atoms. The number of carbonyl (C=O) groups is 1. The Morgan fingerprint density at radius 2 is 2.21 bits per heavy atom. The van der Waals surface area contributed by atoms with Crippen molar-refractivity contribution in [3.8, 4) is 0 Å². The van der Waals surface area contributed by atoms with Crippen LogP contribution in [-0.2, 0) is 11.2 Å². The first kappa shape index (κ1) is 18.7. The van der Waals surface area contributed by atoms with E-state index in [0.717, 1.165) is 32.5 Å². The average Bonchev–Trinajstić information content (AvgIpc) is 2.59. The lowest BCUT2D eigenvalue weighted by atomic mass is 9.96. The Kier molecular flexibility index (Phi) is 7.51. The minimum absolute atomic E-state index is 0.243. The van der Waals surface area contributed by atoms with Crippen molar-refractivity contribution in [1.82, 2.24) is 9.80 Å². The van der Waals surface area contributed by atoms with E-state index in [1.54, 1.807) is 0 Å². The molecule has 0 unspecified atom stereocenters. The minimum atomic E-state index is 0.243. The number of aryl methyl sites for hydroxylation is 1. The van der Waals surface area contributed by atoms with Gasteiger partial charge in [0.15, 0.2) is 0 Å². The second-order valence-corrected chi connectivity index (χ2v) is 7.09. The van der Waals surface area contributed by atoms with Gasteiger partial charge in [0.2, 0.25) is 5.91 Å². The zero-order valence-electron chi connectivity index (χ0n) is 15.3. The maximum absolute atomic E-state index is 12.1. The standard InChI is InChI=1S/C21H32N2O/c1-4-5-12-21(24)22(3)16-19-10-8-14-23(17-19)15-13-20-11-7-6-9-18(20)2/h4,6-7,9,11,19H,1,5,8,10,12-17H2,2-3H3/t19-/m1/s1. The molecule has 2 rings (SSSR count). The number of piperidine rings is 1. The Bertz CT molecular complexity index is 540. The summed E-state index contributed by atoms with van der Waals surface area (Å²) in [5.41, 5.74) is 2.84. The molecule has 1 aliphatic heterocycles. The lowest BCUT2D eigenvalue weighted by Gasteiger charge is -2.35. The van der Waals surface area contributed by atoms with Crippen LogP contribution in [0, 0.1) is 12.8 Å². The highest BCUT2D eigenvalue weighted by Gasteiger charge is 2.22. The van der Waals surface area contributed by atoms with Crippen molar-refractivity contribution in [2.24, 2.45) is 5.92 Å². The van der Waals surface area contributed by atoms with Crippen molar-refractivity contribution >= 4 is 5.91 Å². The van der Waals surface area contributed by atoms with E-state index in [4.69, 9.17) is 0 Å². The van der Waals surface area contributed by atoms with Crippen molar-refractivity contribution in [3.05, 3.63) is 48.0 Å². The molecule has 1 amide bonds. The fourth-order valence-electron chi connectivity index (χ4n) is 3.58. The fourth-order valence-corrected chi connectivity index (χ4v) is 3.58. The summed E-state index contributed by atoms with van der Waals surface area (Å²) in [6, 6.07) is 8.67. The predicted octanol–water partition coefficient (Wildman–Crippen LogP) is 3.67. The summed E-state index contributed by atoms with van der Waals surface area (Å²) >= 11 is 0. The highest BCUT2D eigenvalue weighted by atomic mass is 16.2. The number of likely N-dealkylation sites (tertiary alicyclic amines) is 1. The van der Waals surface area contributed by atoms with Crippen molar-refractivity contribution in [1.29, 1.82) is 0 Å². The summed E-state index contributed by atoms with van der Waals surface area (Å²) in [5.74, 6) is 0.847. The first-order chi connectivity index (χ1) is 11.6. The van der Waals surface area contributed by atoms with E-state index in [2.05, 4.69) is 42.7 Å². The van der Waals surface area contributed by atoms with Crippen LogP contribution < -0.4 is 0 Å². The average molecular weight is 329 g/mol. The third kappa shape index (κ3) is 5.79. The van der Waals surface area contributed by atoms with Gasteiger partial charge >= 0.3 is 0 Å². The first-order valence-corrected chi connectivity index (χ1v) is 9.22. The highest BCUT2D eigenvalue weighted by molar-refractivity contribution is 5.75. The maximum atomic E-state index is 12.1. The molecule has 132 valence electrons. The summed E-state index contributed by atoms with van der Waals surface area (Å²) < 4.78 is 0. The van der Waals surface area contributed by atoms with Crippen molar-refractivity contribution in [2.75, 3.05) is 33.2 Å². The lowest BCUT2D eigenvalue weighted by Crippen LogP contribution is -2.42. The van der Waals surface area contributed by atoms with Crippen LogP contribution >= 0.6 is 0 Å². The van der Waals surface area contributed by atoms with Crippen molar-refractivity contribution < 1.29 is 4.79 Å².